The molecule has 0 spiro atoms. The van der Waals surface area contributed by atoms with Crippen molar-refractivity contribution in [2.45, 2.75) is 49.8 Å². The fourth-order valence-electron chi connectivity index (χ4n) is 4.10. The van der Waals surface area contributed by atoms with E-state index in [-0.39, 0.29) is 29.1 Å². The lowest BCUT2D eigenvalue weighted by Crippen LogP contribution is -3.10. The van der Waals surface area contributed by atoms with Crippen LogP contribution >= 0.6 is 0 Å². The summed E-state index contributed by atoms with van der Waals surface area (Å²) in [6, 6.07) is 6.58. The van der Waals surface area contributed by atoms with Gasteiger partial charge in [0.1, 0.15) is 0 Å². The van der Waals surface area contributed by atoms with Crippen LogP contribution in [0.5, 0.6) is 0 Å². The maximum Gasteiger partial charge on any atom is 0.253 e. The average molecular weight is 411 g/mol. The summed E-state index contributed by atoms with van der Waals surface area (Å²) in [5, 5.41) is 0. The Hall–Kier alpha value is -1.48. The molecule has 7 nitrogen and oxygen atoms in total. The van der Waals surface area contributed by atoms with Crippen molar-refractivity contribution in [3.05, 3.63) is 29.8 Å². The number of nitrogens with one attached hydrogen (secondary N) is 1. The minimum absolute atomic E-state index is 0.0536. The highest BCUT2D eigenvalue weighted by Gasteiger charge is 2.32. The number of piperidine rings is 1. The summed E-state index contributed by atoms with van der Waals surface area (Å²) in [6.45, 7) is 6.56. The topological polar surface area (TPSA) is 71.4 Å². The van der Waals surface area contributed by atoms with E-state index >= 15 is 0 Å². The van der Waals surface area contributed by atoms with Crippen molar-refractivity contribution in [1.29, 1.82) is 0 Å². The van der Waals surface area contributed by atoms with E-state index in [9.17, 15) is 13.2 Å². The van der Waals surface area contributed by atoms with Crippen LogP contribution in [-0.4, -0.2) is 82.1 Å². The molecule has 1 aromatic carbocycles. The third kappa shape index (κ3) is 4.56. The highest BCUT2D eigenvalue weighted by Crippen LogP contribution is 2.22. The molecule has 2 aliphatic heterocycles. The van der Waals surface area contributed by atoms with Crippen LogP contribution in [0.25, 0.3) is 0 Å². The molecule has 2 atom stereocenters. The van der Waals surface area contributed by atoms with Crippen LogP contribution in [0.4, 0.5) is 0 Å². The number of ether oxygens (including phenoxy) is 1. The SMILES string of the molecule is C[C@H]1CN(S(=O)(=O)c2ccc(C(=O)N(C)C3CC[NH+](C)CC3)cc2)C[C@H](C)O1. The van der Waals surface area contributed by atoms with Crippen molar-refractivity contribution in [1.82, 2.24) is 9.21 Å². The van der Waals surface area contributed by atoms with Crippen LogP contribution in [0.2, 0.25) is 0 Å². The number of hydrogen-bond donors (Lipinski definition) is 1. The lowest BCUT2D eigenvalue weighted by Gasteiger charge is -2.34. The van der Waals surface area contributed by atoms with Gasteiger partial charge >= 0.3 is 0 Å². The van der Waals surface area contributed by atoms with Crippen molar-refractivity contribution < 1.29 is 22.8 Å². The van der Waals surface area contributed by atoms with Crippen molar-refractivity contribution in [2.75, 3.05) is 40.3 Å². The van der Waals surface area contributed by atoms with E-state index in [0.717, 1.165) is 25.9 Å². The van der Waals surface area contributed by atoms with Gasteiger partial charge in [-0.1, -0.05) is 0 Å². The summed E-state index contributed by atoms with van der Waals surface area (Å²) in [5.41, 5.74) is 0.524. The highest BCUT2D eigenvalue weighted by atomic mass is 32.2. The van der Waals surface area contributed by atoms with E-state index in [1.165, 1.54) is 9.21 Å². The fourth-order valence-corrected chi connectivity index (χ4v) is 5.69. The maximum absolute atomic E-state index is 12.9. The lowest BCUT2D eigenvalue weighted by molar-refractivity contribution is -0.885. The lowest BCUT2D eigenvalue weighted by atomic mass is 10.0. The Morgan fingerprint density at radius 1 is 1.11 bits per heavy atom. The first-order valence-corrected chi connectivity index (χ1v) is 11.5. The molecular weight excluding hydrogens is 378 g/mol. The number of rotatable bonds is 4. The number of carbonyl (C=O) groups excluding carboxylic acids is 1. The van der Waals surface area contributed by atoms with Crippen LogP contribution in [0.15, 0.2) is 29.2 Å². The molecule has 0 aromatic heterocycles. The predicted octanol–water partition coefficient (Wildman–Crippen LogP) is 0.234. The number of quaternary nitrogens is 1. The van der Waals surface area contributed by atoms with Gasteiger partial charge in [-0.05, 0) is 38.1 Å². The van der Waals surface area contributed by atoms with E-state index in [4.69, 9.17) is 4.74 Å². The molecule has 2 saturated heterocycles. The number of morpholine rings is 1. The van der Waals surface area contributed by atoms with E-state index < -0.39 is 10.0 Å². The van der Waals surface area contributed by atoms with Crippen LogP contribution in [-0.2, 0) is 14.8 Å². The minimum atomic E-state index is -3.59. The molecule has 1 amide bonds. The third-order valence-corrected chi connectivity index (χ3v) is 7.65. The van der Waals surface area contributed by atoms with Gasteiger partial charge in [0.25, 0.3) is 5.91 Å². The quantitative estimate of drug-likeness (QED) is 0.772. The largest absolute Gasteiger partial charge is 0.373 e. The van der Waals surface area contributed by atoms with Crippen molar-refractivity contribution in [2.24, 2.45) is 0 Å². The first-order chi connectivity index (χ1) is 13.2. The number of amides is 1. The summed E-state index contributed by atoms with van der Waals surface area (Å²) < 4.78 is 33.0. The predicted molar refractivity (Wildman–Crippen MR) is 107 cm³/mol. The molecule has 8 heteroatoms. The molecule has 28 heavy (non-hydrogen) atoms. The van der Waals surface area contributed by atoms with Crippen LogP contribution in [0.3, 0.4) is 0 Å². The molecule has 3 rings (SSSR count). The molecule has 1 aromatic rings. The Morgan fingerprint density at radius 3 is 2.18 bits per heavy atom. The van der Waals surface area contributed by atoms with E-state index in [1.807, 2.05) is 20.9 Å². The molecule has 2 aliphatic rings. The average Bonchev–Trinajstić information content (AvgIpc) is 2.67. The molecule has 156 valence electrons. The normalized spacial score (nSPS) is 29.4. The van der Waals surface area contributed by atoms with Crippen molar-refractivity contribution in [3.63, 3.8) is 0 Å². The van der Waals surface area contributed by atoms with E-state index in [1.54, 1.807) is 29.2 Å². The molecule has 2 fully saturated rings. The molecule has 1 N–H and O–H groups in total. The van der Waals surface area contributed by atoms with Crippen LogP contribution < -0.4 is 4.90 Å². The fraction of sp³-hybridized carbons (Fsp3) is 0.650. The second-order valence-corrected chi connectivity index (χ2v) is 10.1. The summed E-state index contributed by atoms with van der Waals surface area (Å²) in [6.07, 6.45) is 1.72. The number of benzene rings is 1. The molecular formula is C20H32N3O4S+. The summed E-state index contributed by atoms with van der Waals surface area (Å²) in [5.74, 6) is -0.0536. The van der Waals surface area contributed by atoms with Crippen molar-refractivity contribution in [3.8, 4) is 0 Å². The Morgan fingerprint density at radius 2 is 1.64 bits per heavy atom. The zero-order valence-electron chi connectivity index (χ0n) is 17.2. The van der Waals surface area contributed by atoms with Gasteiger partial charge in [0.05, 0.1) is 37.2 Å². The summed E-state index contributed by atoms with van der Waals surface area (Å²) >= 11 is 0. The molecule has 0 unspecified atom stereocenters. The number of hydrogen-bond acceptors (Lipinski definition) is 4. The van der Waals surface area contributed by atoms with Crippen LogP contribution in [0, 0.1) is 0 Å². The Kier molecular flexibility index (Phi) is 6.44. The molecule has 0 bridgehead atoms. The van der Waals surface area contributed by atoms with Gasteiger partial charge < -0.3 is 14.5 Å². The molecule has 0 saturated carbocycles. The second-order valence-electron chi connectivity index (χ2n) is 8.21. The Labute approximate surface area is 168 Å². The zero-order valence-corrected chi connectivity index (χ0v) is 18.0. The summed E-state index contributed by atoms with van der Waals surface area (Å²) in [7, 11) is 0.424. The summed E-state index contributed by atoms with van der Waals surface area (Å²) in [4.78, 5) is 16.3. The highest BCUT2D eigenvalue weighted by molar-refractivity contribution is 7.89. The monoisotopic (exact) mass is 410 g/mol. The van der Waals surface area contributed by atoms with Gasteiger partial charge in [-0.3, -0.25) is 4.79 Å². The number of likely N-dealkylation sites (tertiary alicyclic amines) is 1. The Bertz CT molecular complexity index is 778. The van der Waals surface area contributed by atoms with Gasteiger partial charge in [-0.15, -0.1) is 0 Å². The van der Waals surface area contributed by atoms with Gasteiger partial charge in [-0.25, -0.2) is 8.42 Å². The van der Waals surface area contributed by atoms with E-state index in [2.05, 4.69) is 7.05 Å². The number of sulfonamides is 1. The van der Waals surface area contributed by atoms with Gasteiger partial charge in [-0.2, -0.15) is 4.31 Å². The van der Waals surface area contributed by atoms with Gasteiger partial charge in [0, 0.05) is 44.6 Å². The zero-order chi connectivity index (χ0) is 20.5. The molecule has 0 aliphatic carbocycles. The Balaban J connectivity index is 1.71. The first kappa shape index (κ1) is 21.2. The van der Waals surface area contributed by atoms with E-state index in [0.29, 0.717) is 18.7 Å². The van der Waals surface area contributed by atoms with Gasteiger partial charge in [0.15, 0.2) is 0 Å². The first-order valence-electron chi connectivity index (χ1n) is 10.0. The van der Waals surface area contributed by atoms with Crippen molar-refractivity contribution >= 4 is 15.9 Å². The molecule has 2 heterocycles. The number of nitrogens with zero attached hydrogens (tertiary/aromatic N) is 2. The maximum atomic E-state index is 12.9. The standard InChI is InChI=1S/C20H31N3O4S/c1-15-13-23(14-16(2)27-15)28(25,26)19-7-5-17(6-8-19)20(24)22(4)18-9-11-21(3)12-10-18/h5-8,15-16,18H,9-14H2,1-4H3/p+1/t15-,16-/m0/s1. The smallest absolute Gasteiger partial charge is 0.253 e. The van der Waals surface area contributed by atoms with Crippen LogP contribution in [0.1, 0.15) is 37.0 Å². The number of carbonyl (C=O) groups is 1. The van der Waals surface area contributed by atoms with Gasteiger partial charge in [0.2, 0.25) is 10.0 Å². The molecule has 0 radical (unpaired) electrons. The second kappa shape index (κ2) is 8.49. The third-order valence-electron chi connectivity index (χ3n) is 5.80. The minimum Gasteiger partial charge on any atom is -0.373 e.